The van der Waals surface area contributed by atoms with E-state index >= 15 is 0 Å². The molecular formula is C24H25ClN2O2. The highest BCUT2D eigenvalue weighted by molar-refractivity contribution is 6.30. The lowest BCUT2D eigenvalue weighted by molar-refractivity contribution is -0.139. The van der Waals surface area contributed by atoms with E-state index in [-0.39, 0.29) is 5.91 Å². The molecule has 0 radical (unpaired) electrons. The fraction of sp³-hybridized carbons (Fsp3) is 0.333. The minimum absolute atomic E-state index is 0.188. The number of amides is 1. The van der Waals surface area contributed by atoms with E-state index in [1.807, 2.05) is 72.6 Å². The van der Waals surface area contributed by atoms with Gasteiger partial charge in [0.1, 0.15) is 11.5 Å². The van der Waals surface area contributed by atoms with Crippen molar-refractivity contribution in [2.45, 2.75) is 37.5 Å². The van der Waals surface area contributed by atoms with E-state index in [1.54, 1.807) is 0 Å². The largest absolute Gasteiger partial charge is 0.361 e. The van der Waals surface area contributed by atoms with E-state index in [2.05, 4.69) is 5.16 Å². The Kier molecular flexibility index (Phi) is 5.72. The molecule has 5 heteroatoms. The van der Waals surface area contributed by atoms with Gasteiger partial charge in [0.05, 0.1) is 5.41 Å². The Labute approximate surface area is 176 Å². The van der Waals surface area contributed by atoms with Crippen molar-refractivity contribution in [2.75, 3.05) is 13.6 Å². The van der Waals surface area contributed by atoms with Crippen molar-refractivity contribution in [2.24, 2.45) is 0 Å². The number of likely N-dealkylation sites (N-methyl/N-ethyl adjacent to an activating group) is 1. The number of hydrogen-bond acceptors (Lipinski definition) is 3. The number of halogens is 1. The van der Waals surface area contributed by atoms with Gasteiger partial charge in [-0.3, -0.25) is 4.79 Å². The van der Waals surface area contributed by atoms with E-state index in [4.69, 9.17) is 16.1 Å². The molecule has 0 saturated heterocycles. The van der Waals surface area contributed by atoms with Crippen LogP contribution in [0.15, 0.2) is 65.2 Å². The molecule has 0 unspecified atom stereocenters. The summed E-state index contributed by atoms with van der Waals surface area (Å²) in [6.07, 6.45) is 4.43. The summed E-state index contributed by atoms with van der Waals surface area (Å²) in [5.74, 6) is 1.03. The third-order valence-corrected chi connectivity index (χ3v) is 6.12. The van der Waals surface area contributed by atoms with Crippen LogP contribution in [0.2, 0.25) is 5.02 Å². The predicted octanol–water partition coefficient (Wildman–Crippen LogP) is 5.51. The van der Waals surface area contributed by atoms with Gasteiger partial charge >= 0.3 is 0 Å². The first-order valence-electron chi connectivity index (χ1n) is 10.1. The van der Waals surface area contributed by atoms with Gasteiger partial charge in [0.2, 0.25) is 5.91 Å². The van der Waals surface area contributed by atoms with Gasteiger partial charge in [0.15, 0.2) is 0 Å². The predicted molar refractivity (Wildman–Crippen MR) is 115 cm³/mol. The van der Waals surface area contributed by atoms with Crippen LogP contribution < -0.4 is 0 Å². The number of carbonyl (C=O) groups is 1. The molecule has 1 fully saturated rings. The van der Waals surface area contributed by atoms with Crippen LogP contribution in [0, 0.1) is 0 Å². The lowest BCUT2D eigenvalue weighted by atomic mass is 9.63. The maximum absolute atomic E-state index is 13.2. The Morgan fingerprint density at radius 3 is 2.62 bits per heavy atom. The second-order valence-electron chi connectivity index (χ2n) is 7.82. The Hall–Kier alpha value is -2.59. The van der Waals surface area contributed by atoms with Gasteiger partial charge in [0.25, 0.3) is 0 Å². The second kappa shape index (κ2) is 8.42. The molecular weight excluding hydrogens is 384 g/mol. The average Bonchev–Trinajstić information content (AvgIpc) is 3.17. The number of hydrogen-bond donors (Lipinski definition) is 0. The second-order valence-corrected chi connectivity index (χ2v) is 8.26. The fourth-order valence-electron chi connectivity index (χ4n) is 4.08. The summed E-state index contributed by atoms with van der Waals surface area (Å²) in [7, 11) is 1.89. The molecule has 2 aromatic carbocycles. The van der Waals surface area contributed by atoms with Crippen LogP contribution in [-0.4, -0.2) is 29.6 Å². The molecule has 4 rings (SSSR count). The van der Waals surface area contributed by atoms with E-state index in [0.29, 0.717) is 11.6 Å². The molecule has 0 N–H and O–H groups in total. The SMILES string of the molecule is CN(CCCc1cc(-c2ccccc2)no1)C(=O)C1(c2cccc(Cl)c2)CCC1. The normalized spacial score (nSPS) is 15.0. The van der Waals surface area contributed by atoms with Gasteiger partial charge in [-0.05, 0) is 37.0 Å². The highest BCUT2D eigenvalue weighted by Crippen LogP contribution is 2.45. The highest BCUT2D eigenvalue weighted by Gasteiger charge is 2.46. The van der Waals surface area contributed by atoms with E-state index in [0.717, 1.165) is 54.7 Å². The van der Waals surface area contributed by atoms with Crippen molar-refractivity contribution in [3.8, 4) is 11.3 Å². The minimum Gasteiger partial charge on any atom is -0.361 e. The topological polar surface area (TPSA) is 46.3 Å². The van der Waals surface area contributed by atoms with Crippen LogP contribution in [0.4, 0.5) is 0 Å². The van der Waals surface area contributed by atoms with Gasteiger partial charge in [-0.15, -0.1) is 0 Å². The molecule has 0 atom stereocenters. The number of benzene rings is 2. The van der Waals surface area contributed by atoms with Crippen LogP contribution in [0.3, 0.4) is 0 Å². The molecule has 4 nitrogen and oxygen atoms in total. The number of rotatable bonds is 7. The first kappa shape index (κ1) is 19.7. The lowest BCUT2D eigenvalue weighted by Gasteiger charge is -2.43. The van der Waals surface area contributed by atoms with Crippen molar-refractivity contribution in [3.05, 3.63) is 77.0 Å². The molecule has 1 saturated carbocycles. The summed E-state index contributed by atoms with van der Waals surface area (Å²) in [5.41, 5.74) is 2.52. The molecule has 3 aromatic rings. The van der Waals surface area contributed by atoms with Crippen LogP contribution in [0.5, 0.6) is 0 Å². The third kappa shape index (κ3) is 4.08. The fourth-order valence-corrected chi connectivity index (χ4v) is 4.27. The summed E-state index contributed by atoms with van der Waals surface area (Å²) in [5, 5.41) is 4.84. The Balaban J connectivity index is 1.35. The maximum atomic E-state index is 13.2. The molecule has 1 aliphatic carbocycles. The number of carbonyl (C=O) groups excluding carboxylic acids is 1. The van der Waals surface area contributed by atoms with Gasteiger partial charge < -0.3 is 9.42 Å². The molecule has 0 bridgehead atoms. The third-order valence-electron chi connectivity index (χ3n) is 5.89. The number of aromatic nitrogens is 1. The zero-order chi connectivity index (χ0) is 20.3. The Morgan fingerprint density at radius 1 is 1.14 bits per heavy atom. The summed E-state index contributed by atoms with van der Waals surface area (Å²) in [6, 6.07) is 19.7. The van der Waals surface area contributed by atoms with Gasteiger partial charge in [0, 0.05) is 36.7 Å². The molecule has 0 spiro atoms. The first-order chi connectivity index (χ1) is 14.1. The summed E-state index contributed by atoms with van der Waals surface area (Å²) in [6.45, 7) is 0.683. The van der Waals surface area contributed by atoms with Gasteiger partial charge in [-0.2, -0.15) is 0 Å². The summed E-state index contributed by atoms with van der Waals surface area (Å²) >= 11 is 6.17. The van der Waals surface area contributed by atoms with Crippen molar-refractivity contribution < 1.29 is 9.32 Å². The Bertz CT molecular complexity index is 979. The Morgan fingerprint density at radius 2 is 1.93 bits per heavy atom. The lowest BCUT2D eigenvalue weighted by Crippen LogP contribution is -2.50. The maximum Gasteiger partial charge on any atom is 0.232 e. The van der Waals surface area contributed by atoms with Crippen molar-refractivity contribution in [1.29, 1.82) is 0 Å². The molecule has 1 heterocycles. The van der Waals surface area contributed by atoms with Crippen molar-refractivity contribution in [3.63, 3.8) is 0 Å². The van der Waals surface area contributed by atoms with E-state index in [1.165, 1.54) is 0 Å². The standard InChI is InChI=1S/C24H25ClN2O2/c1-27(23(28)24(13-7-14-24)19-10-5-11-20(25)16-19)15-6-12-21-17-22(26-29-21)18-8-3-2-4-9-18/h2-5,8-11,16-17H,6-7,12-15H2,1H3. The van der Waals surface area contributed by atoms with Crippen LogP contribution in [0.1, 0.15) is 37.0 Å². The van der Waals surface area contributed by atoms with Crippen molar-refractivity contribution >= 4 is 17.5 Å². The minimum atomic E-state index is -0.410. The molecule has 1 amide bonds. The van der Waals surface area contributed by atoms with Crippen LogP contribution in [-0.2, 0) is 16.6 Å². The van der Waals surface area contributed by atoms with Crippen molar-refractivity contribution in [1.82, 2.24) is 10.1 Å². The summed E-state index contributed by atoms with van der Waals surface area (Å²) in [4.78, 5) is 15.1. The van der Waals surface area contributed by atoms with E-state index in [9.17, 15) is 4.79 Å². The quantitative estimate of drug-likeness (QED) is 0.518. The molecule has 150 valence electrons. The van der Waals surface area contributed by atoms with Crippen LogP contribution >= 0.6 is 11.6 Å². The number of nitrogens with zero attached hydrogens (tertiary/aromatic N) is 2. The molecule has 1 aliphatic rings. The van der Waals surface area contributed by atoms with Gasteiger partial charge in [-0.25, -0.2) is 0 Å². The molecule has 1 aromatic heterocycles. The zero-order valence-corrected chi connectivity index (χ0v) is 17.4. The monoisotopic (exact) mass is 408 g/mol. The average molecular weight is 409 g/mol. The first-order valence-corrected chi connectivity index (χ1v) is 10.5. The smallest absolute Gasteiger partial charge is 0.232 e. The summed E-state index contributed by atoms with van der Waals surface area (Å²) < 4.78 is 5.48. The zero-order valence-electron chi connectivity index (χ0n) is 16.6. The van der Waals surface area contributed by atoms with Gasteiger partial charge in [-0.1, -0.05) is 65.6 Å². The molecule has 29 heavy (non-hydrogen) atoms. The van der Waals surface area contributed by atoms with E-state index < -0.39 is 5.41 Å². The van der Waals surface area contributed by atoms with Crippen LogP contribution in [0.25, 0.3) is 11.3 Å². The highest BCUT2D eigenvalue weighted by atomic mass is 35.5. The number of aryl methyl sites for hydroxylation is 1. The molecule has 0 aliphatic heterocycles.